The minimum Gasteiger partial charge on any atom is -0.491 e. The third-order valence-corrected chi connectivity index (χ3v) is 4.46. The zero-order chi connectivity index (χ0) is 16.2. The van der Waals surface area contributed by atoms with Crippen LogP contribution in [-0.2, 0) is 10.0 Å². The Hall–Kier alpha value is -1.14. The van der Waals surface area contributed by atoms with Gasteiger partial charge in [0.1, 0.15) is 10.0 Å². The van der Waals surface area contributed by atoms with Gasteiger partial charge in [-0.1, -0.05) is 55.8 Å². The van der Waals surface area contributed by atoms with E-state index in [-0.39, 0.29) is 34.5 Å². The Morgan fingerprint density at radius 1 is 1.00 bits per heavy atom. The van der Waals surface area contributed by atoms with Crippen molar-refractivity contribution in [1.29, 1.82) is 0 Å². The molecule has 0 aliphatic rings. The van der Waals surface area contributed by atoms with Crippen molar-refractivity contribution in [3.63, 3.8) is 0 Å². The molecular weight excluding hydrogens is 319 g/mol. The second-order valence-corrected chi connectivity index (χ2v) is 7.02. The molecule has 0 heterocycles. The Labute approximate surface area is 160 Å². The molecule has 0 amide bonds. The first-order valence-corrected chi connectivity index (χ1v) is 8.49. The van der Waals surface area contributed by atoms with Gasteiger partial charge in [-0.25, -0.2) is 8.42 Å². The van der Waals surface area contributed by atoms with Gasteiger partial charge in [0.05, 0.1) is 4.90 Å². The fourth-order valence-corrected chi connectivity index (χ4v) is 2.62. The summed E-state index contributed by atoms with van der Waals surface area (Å²) in [5.41, 5.74) is 3.03. The Balaban J connectivity index is 0.00000264. The Morgan fingerprint density at radius 2 is 1.57 bits per heavy atom. The normalized spacial score (nSPS) is 11.5. The van der Waals surface area contributed by atoms with E-state index in [1.54, 1.807) is 12.1 Å². The number of hydrogen-bond acceptors (Lipinski definition) is 3. The Morgan fingerprint density at radius 3 is 2.09 bits per heavy atom. The second-order valence-electron chi connectivity index (χ2n) is 5.44. The van der Waals surface area contributed by atoms with Gasteiger partial charge in [0, 0.05) is 6.21 Å². The van der Waals surface area contributed by atoms with E-state index < -0.39 is 10.0 Å². The molecule has 0 saturated carbocycles. The number of aryl methyl sites for hydroxylation is 1. The molecule has 0 saturated heterocycles. The van der Waals surface area contributed by atoms with Crippen molar-refractivity contribution in [1.82, 2.24) is 0 Å². The van der Waals surface area contributed by atoms with E-state index in [9.17, 15) is 8.42 Å². The molecule has 2 aromatic rings. The van der Waals surface area contributed by atoms with Crippen LogP contribution in [0.1, 0.15) is 36.5 Å². The van der Waals surface area contributed by atoms with Crippen LogP contribution in [0.4, 0.5) is 0 Å². The van der Waals surface area contributed by atoms with Crippen LogP contribution in [-0.4, -0.2) is 14.6 Å². The van der Waals surface area contributed by atoms with Crippen LogP contribution in [0.2, 0.25) is 0 Å². The second kappa shape index (κ2) is 8.64. The number of sulfonamides is 1. The SMILES string of the molecule is Cc1ccc(S(=O)(=O)[N-]/N=C/c2ccc(C(C)C)cc2)cc1.[Na+]. The molecule has 2 rings (SSSR count). The van der Waals surface area contributed by atoms with E-state index in [0.717, 1.165) is 11.1 Å². The van der Waals surface area contributed by atoms with Crippen molar-refractivity contribution < 1.29 is 38.0 Å². The van der Waals surface area contributed by atoms with E-state index in [4.69, 9.17) is 0 Å². The maximum absolute atomic E-state index is 12.0. The number of rotatable bonds is 5. The molecule has 0 unspecified atom stereocenters. The summed E-state index contributed by atoms with van der Waals surface area (Å²) in [6.45, 7) is 6.13. The monoisotopic (exact) mass is 338 g/mol. The van der Waals surface area contributed by atoms with Gasteiger partial charge in [-0.3, -0.25) is 0 Å². The molecule has 0 N–H and O–H groups in total. The van der Waals surface area contributed by atoms with E-state index >= 15 is 0 Å². The summed E-state index contributed by atoms with van der Waals surface area (Å²) in [4.78, 5) is 3.59. The summed E-state index contributed by atoms with van der Waals surface area (Å²) in [5, 5.41) is 3.70. The summed E-state index contributed by atoms with van der Waals surface area (Å²) in [5.74, 6) is 0.456. The topological polar surface area (TPSA) is 60.6 Å². The molecule has 2 aromatic carbocycles. The molecule has 0 aromatic heterocycles. The largest absolute Gasteiger partial charge is 1.00 e. The third kappa shape index (κ3) is 5.77. The van der Waals surface area contributed by atoms with Gasteiger partial charge in [-0.2, -0.15) is 0 Å². The summed E-state index contributed by atoms with van der Waals surface area (Å²) in [6.07, 6.45) is 1.44. The van der Waals surface area contributed by atoms with Gasteiger partial charge in [0.25, 0.3) is 0 Å². The van der Waals surface area contributed by atoms with Gasteiger partial charge in [-0.05, 0) is 36.1 Å². The first kappa shape index (κ1) is 19.9. The number of nitrogens with zero attached hydrogens (tertiary/aromatic N) is 2. The van der Waals surface area contributed by atoms with E-state index in [0.29, 0.717) is 5.92 Å². The van der Waals surface area contributed by atoms with Crippen molar-refractivity contribution >= 4 is 16.2 Å². The van der Waals surface area contributed by atoms with Gasteiger partial charge in [0.15, 0.2) is 0 Å². The van der Waals surface area contributed by atoms with E-state index in [1.807, 2.05) is 31.2 Å². The average molecular weight is 338 g/mol. The number of benzene rings is 2. The summed E-state index contributed by atoms with van der Waals surface area (Å²) >= 11 is 0. The Kier molecular flexibility index (Phi) is 7.48. The van der Waals surface area contributed by atoms with Crippen LogP contribution in [0.3, 0.4) is 0 Å². The predicted molar refractivity (Wildman–Crippen MR) is 89.8 cm³/mol. The Bertz CT molecular complexity index is 752. The van der Waals surface area contributed by atoms with Crippen molar-refractivity contribution in [2.45, 2.75) is 31.6 Å². The molecule has 116 valence electrons. The van der Waals surface area contributed by atoms with E-state index in [2.05, 4.69) is 23.8 Å². The number of hydrogen-bond donors (Lipinski definition) is 0. The van der Waals surface area contributed by atoms with Crippen molar-refractivity contribution in [3.05, 3.63) is 70.1 Å². The summed E-state index contributed by atoms with van der Waals surface area (Å²) in [6, 6.07) is 14.3. The molecule has 0 aliphatic heterocycles. The van der Waals surface area contributed by atoms with Crippen LogP contribution in [0.5, 0.6) is 0 Å². The van der Waals surface area contributed by atoms with Crippen molar-refractivity contribution in [3.8, 4) is 0 Å². The van der Waals surface area contributed by atoms with Crippen LogP contribution >= 0.6 is 0 Å². The molecule has 0 atom stereocenters. The van der Waals surface area contributed by atoms with Crippen LogP contribution in [0.25, 0.3) is 4.83 Å². The third-order valence-electron chi connectivity index (χ3n) is 3.28. The van der Waals surface area contributed by atoms with Gasteiger partial charge < -0.3 is 9.93 Å². The molecule has 0 aliphatic carbocycles. The maximum Gasteiger partial charge on any atom is 1.00 e. The van der Waals surface area contributed by atoms with Gasteiger partial charge >= 0.3 is 29.6 Å². The first-order chi connectivity index (χ1) is 10.4. The van der Waals surface area contributed by atoms with Gasteiger partial charge in [0.2, 0.25) is 0 Å². The molecule has 0 bridgehead atoms. The zero-order valence-electron chi connectivity index (χ0n) is 13.9. The fraction of sp³-hybridized carbons (Fsp3) is 0.235. The zero-order valence-corrected chi connectivity index (χ0v) is 16.7. The van der Waals surface area contributed by atoms with Crippen LogP contribution in [0, 0.1) is 6.92 Å². The van der Waals surface area contributed by atoms with Crippen LogP contribution in [0.15, 0.2) is 58.5 Å². The standard InChI is InChI=1S/C17H19N2O2S.Na/c1-13(2)16-8-6-15(7-9-16)12-18-19-22(20,21)17-10-4-14(3)5-11-17;/h4-13H,1-3H3;/q-1;+1/b18-12+;. The van der Waals surface area contributed by atoms with Crippen molar-refractivity contribution in [2.75, 3.05) is 0 Å². The smallest absolute Gasteiger partial charge is 0.491 e. The predicted octanol–water partition coefficient (Wildman–Crippen LogP) is 1.22. The van der Waals surface area contributed by atoms with Crippen LogP contribution < -0.4 is 29.6 Å². The molecule has 0 spiro atoms. The van der Waals surface area contributed by atoms with Crippen molar-refractivity contribution in [2.24, 2.45) is 5.10 Å². The minimum atomic E-state index is -3.74. The van der Waals surface area contributed by atoms with Gasteiger partial charge in [-0.15, -0.1) is 0 Å². The fourth-order valence-electron chi connectivity index (χ4n) is 1.88. The molecular formula is C17H19N2NaO2S. The minimum absolute atomic E-state index is 0. The molecule has 6 heteroatoms. The summed E-state index contributed by atoms with van der Waals surface area (Å²) < 4.78 is 24.0. The quantitative estimate of drug-likeness (QED) is 0.467. The first-order valence-electron chi connectivity index (χ1n) is 7.05. The maximum atomic E-state index is 12.0. The summed E-state index contributed by atoms with van der Waals surface area (Å²) in [7, 11) is -3.74. The average Bonchev–Trinajstić information content (AvgIpc) is 2.48. The molecule has 0 radical (unpaired) electrons. The molecule has 0 fully saturated rings. The molecule has 23 heavy (non-hydrogen) atoms. The van der Waals surface area contributed by atoms with E-state index in [1.165, 1.54) is 23.9 Å². The molecule has 4 nitrogen and oxygen atoms in total.